The Morgan fingerprint density at radius 2 is 2.04 bits per heavy atom. The molecule has 0 aromatic heterocycles. The Bertz CT molecular complexity index is 791. The van der Waals surface area contributed by atoms with Gasteiger partial charge in [0.25, 0.3) is 5.91 Å². The van der Waals surface area contributed by atoms with Crippen LogP contribution < -0.4 is 10.2 Å². The third-order valence-corrected chi connectivity index (χ3v) is 2.82. The standard InChI is InChI=1S/C15H13N3O6/c19-11-5-6-13(20)10(7-11)8-16-17-15(21)9-24-14-4-2-1-3-12(14)18(22)23/h1-8,19-20H,9H2,(H,17,21)/b16-8+. The lowest BCUT2D eigenvalue weighted by Crippen LogP contribution is -2.24. The molecule has 3 N–H and O–H groups in total. The van der Waals surface area contributed by atoms with Crippen molar-refractivity contribution in [3.05, 3.63) is 58.1 Å². The summed E-state index contributed by atoms with van der Waals surface area (Å²) in [4.78, 5) is 21.8. The van der Waals surface area contributed by atoms with E-state index in [9.17, 15) is 25.1 Å². The van der Waals surface area contributed by atoms with E-state index in [1.54, 1.807) is 6.07 Å². The largest absolute Gasteiger partial charge is 0.508 e. The van der Waals surface area contributed by atoms with E-state index >= 15 is 0 Å². The molecule has 0 aliphatic heterocycles. The van der Waals surface area contributed by atoms with Crippen molar-refractivity contribution >= 4 is 17.8 Å². The zero-order chi connectivity index (χ0) is 17.5. The number of carbonyl (C=O) groups is 1. The van der Waals surface area contributed by atoms with Crippen molar-refractivity contribution in [2.75, 3.05) is 6.61 Å². The van der Waals surface area contributed by atoms with Crippen molar-refractivity contribution < 1.29 is 24.7 Å². The van der Waals surface area contributed by atoms with Gasteiger partial charge in [0.05, 0.1) is 11.1 Å². The summed E-state index contributed by atoms with van der Waals surface area (Å²) in [7, 11) is 0. The predicted octanol–water partition coefficient (Wildman–Crippen LogP) is 1.54. The average Bonchev–Trinajstić information content (AvgIpc) is 2.56. The smallest absolute Gasteiger partial charge is 0.310 e. The van der Waals surface area contributed by atoms with E-state index in [2.05, 4.69) is 10.5 Å². The van der Waals surface area contributed by atoms with Gasteiger partial charge in [0.15, 0.2) is 12.4 Å². The van der Waals surface area contributed by atoms with Crippen molar-refractivity contribution in [1.82, 2.24) is 5.43 Å². The molecule has 0 radical (unpaired) electrons. The summed E-state index contributed by atoms with van der Waals surface area (Å²) < 4.78 is 5.09. The molecule has 9 heteroatoms. The maximum atomic E-state index is 11.6. The second kappa shape index (κ2) is 7.58. The van der Waals surface area contributed by atoms with E-state index in [1.165, 1.54) is 36.4 Å². The summed E-state index contributed by atoms with van der Waals surface area (Å²) >= 11 is 0. The first-order valence-corrected chi connectivity index (χ1v) is 6.67. The molecule has 0 aliphatic rings. The molecular formula is C15H13N3O6. The number of phenols is 2. The van der Waals surface area contributed by atoms with E-state index in [4.69, 9.17) is 4.74 Å². The summed E-state index contributed by atoms with van der Waals surface area (Å²) in [6.07, 6.45) is 1.14. The number of benzene rings is 2. The first-order chi connectivity index (χ1) is 11.5. The molecule has 0 atom stereocenters. The highest BCUT2D eigenvalue weighted by Gasteiger charge is 2.14. The third-order valence-electron chi connectivity index (χ3n) is 2.82. The summed E-state index contributed by atoms with van der Waals surface area (Å²) in [6.45, 7) is -0.478. The lowest BCUT2D eigenvalue weighted by Gasteiger charge is -2.05. The summed E-state index contributed by atoms with van der Waals surface area (Å²) in [5.74, 6) is -0.876. The molecule has 1 amide bonds. The molecule has 2 rings (SSSR count). The lowest BCUT2D eigenvalue weighted by atomic mass is 10.2. The minimum Gasteiger partial charge on any atom is -0.508 e. The number of rotatable bonds is 6. The van der Waals surface area contributed by atoms with Crippen molar-refractivity contribution in [3.8, 4) is 17.2 Å². The van der Waals surface area contributed by atoms with E-state index in [-0.39, 0.29) is 28.5 Å². The normalized spacial score (nSPS) is 10.5. The Hall–Kier alpha value is -3.62. The molecule has 0 spiro atoms. The molecule has 0 saturated carbocycles. The Labute approximate surface area is 136 Å². The van der Waals surface area contributed by atoms with Gasteiger partial charge in [-0.05, 0) is 24.3 Å². The van der Waals surface area contributed by atoms with Gasteiger partial charge in [0.1, 0.15) is 11.5 Å². The number of nitro benzene ring substituents is 1. The van der Waals surface area contributed by atoms with E-state index in [0.717, 1.165) is 6.21 Å². The summed E-state index contributed by atoms with van der Waals surface area (Å²) in [5, 5.41) is 33.2. The highest BCUT2D eigenvalue weighted by molar-refractivity contribution is 5.85. The van der Waals surface area contributed by atoms with Gasteiger partial charge >= 0.3 is 5.69 Å². The highest BCUT2D eigenvalue weighted by Crippen LogP contribution is 2.25. The van der Waals surface area contributed by atoms with Gasteiger partial charge in [0.2, 0.25) is 0 Å². The monoisotopic (exact) mass is 331 g/mol. The van der Waals surface area contributed by atoms with Crippen LogP contribution in [0.1, 0.15) is 5.56 Å². The van der Waals surface area contributed by atoms with Crippen LogP contribution in [0.15, 0.2) is 47.6 Å². The van der Waals surface area contributed by atoms with Crippen LogP contribution in [-0.2, 0) is 4.79 Å². The quantitative estimate of drug-likeness (QED) is 0.318. The number of hydrogen-bond acceptors (Lipinski definition) is 7. The van der Waals surface area contributed by atoms with Gasteiger partial charge in [-0.1, -0.05) is 12.1 Å². The van der Waals surface area contributed by atoms with Gasteiger partial charge < -0.3 is 14.9 Å². The first kappa shape index (κ1) is 16.7. The zero-order valence-electron chi connectivity index (χ0n) is 12.2. The van der Waals surface area contributed by atoms with Crippen LogP contribution in [0, 0.1) is 10.1 Å². The van der Waals surface area contributed by atoms with E-state index in [1.807, 2.05) is 0 Å². The number of nitrogens with zero attached hydrogens (tertiary/aromatic N) is 2. The number of hydrogen-bond donors (Lipinski definition) is 3. The first-order valence-electron chi connectivity index (χ1n) is 6.67. The predicted molar refractivity (Wildman–Crippen MR) is 84.1 cm³/mol. The molecule has 9 nitrogen and oxygen atoms in total. The molecule has 2 aromatic rings. The van der Waals surface area contributed by atoms with E-state index in [0.29, 0.717) is 0 Å². The number of ether oxygens (including phenoxy) is 1. The number of nitrogens with one attached hydrogen (secondary N) is 1. The Morgan fingerprint density at radius 1 is 1.29 bits per heavy atom. The molecule has 0 unspecified atom stereocenters. The molecule has 0 fully saturated rings. The highest BCUT2D eigenvalue weighted by atomic mass is 16.6. The summed E-state index contributed by atoms with van der Waals surface area (Å²) in [6, 6.07) is 9.49. The van der Waals surface area contributed by atoms with Crippen molar-refractivity contribution in [2.24, 2.45) is 5.10 Å². The Kier molecular flexibility index (Phi) is 5.29. The number of phenolic OH excluding ortho intramolecular Hbond substituents is 2. The second-order valence-electron chi connectivity index (χ2n) is 4.55. The van der Waals surface area contributed by atoms with Gasteiger partial charge in [-0.3, -0.25) is 14.9 Å². The molecular weight excluding hydrogens is 318 g/mol. The van der Waals surface area contributed by atoms with Crippen LogP contribution in [0.4, 0.5) is 5.69 Å². The molecule has 2 aromatic carbocycles. The van der Waals surface area contributed by atoms with Crippen molar-refractivity contribution in [3.63, 3.8) is 0 Å². The third kappa shape index (κ3) is 4.44. The van der Waals surface area contributed by atoms with E-state index < -0.39 is 17.4 Å². The van der Waals surface area contributed by atoms with Crippen LogP contribution in [0.5, 0.6) is 17.2 Å². The number of amides is 1. The molecule has 0 heterocycles. The van der Waals surface area contributed by atoms with Crippen LogP contribution >= 0.6 is 0 Å². The van der Waals surface area contributed by atoms with Crippen LogP contribution in [0.25, 0.3) is 0 Å². The van der Waals surface area contributed by atoms with Gasteiger partial charge in [-0.2, -0.15) is 5.10 Å². The lowest BCUT2D eigenvalue weighted by molar-refractivity contribution is -0.385. The number of nitro groups is 1. The molecule has 124 valence electrons. The maximum Gasteiger partial charge on any atom is 0.310 e. The molecule has 0 saturated heterocycles. The fraction of sp³-hybridized carbons (Fsp3) is 0.0667. The Morgan fingerprint density at radius 3 is 2.79 bits per heavy atom. The average molecular weight is 331 g/mol. The summed E-state index contributed by atoms with van der Waals surface area (Å²) in [5.41, 5.74) is 2.09. The topological polar surface area (TPSA) is 134 Å². The van der Waals surface area contributed by atoms with Gasteiger partial charge in [-0.15, -0.1) is 0 Å². The fourth-order valence-corrected chi connectivity index (χ4v) is 1.72. The fourth-order valence-electron chi connectivity index (χ4n) is 1.72. The number of carbonyl (C=O) groups excluding carboxylic acids is 1. The van der Waals surface area contributed by atoms with Crippen molar-refractivity contribution in [2.45, 2.75) is 0 Å². The molecule has 0 bridgehead atoms. The minimum atomic E-state index is -0.649. The molecule has 0 aliphatic carbocycles. The van der Waals surface area contributed by atoms with Gasteiger partial charge in [0, 0.05) is 11.6 Å². The van der Waals surface area contributed by atoms with Crippen molar-refractivity contribution in [1.29, 1.82) is 0 Å². The zero-order valence-corrected chi connectivity index (χ0v) is 12.2. The SMILES string of the molecule is O=C(COc1ccccc1[N+](=O)[O-])N/N=C/c1cc(O)ccc1O. The minimum absolute atomic E-state index is 0.0349. The number of hydrazone groups is 1. The number of aromatic hydroxyl groups is 2. The Balaban J connectivity index is 1.91. The maximum absolute atomic E-state index is 11.6. The number of para-hydroxylation sites is 2. The van der Waals surface area contributed by atoms with Crippen LogP contribution in [0.2, 0.25) is 0 Å². The molecule has 24 heavy (non-hydrogen) atoms. The van der Waals surface area contributed by atoms with Gasteiger partial charge in [-0.25, -0.2) is 5.43 Å². The van der Waals surface area contributed by atoms with Crippen LogP contribution in [-0.4, -0.2) is 33.9 Å². The van der Waals surface area contributed by atoms with Crippen LogP contribution in [0.3, 0.4) is 0 Å². The second-order valence-corrected chi connectivity index (χ2v) is 4.55.